The molecule has 1 heterocycles. The summed E-state index contributed by atoms with van der Waals surface area (Å²) in [6, 6.07) is -0.435. The zero-order chi connectivity index (χ0) is 10.6. The van der Waals surface area contributed by atoms with Crippen LogP contribution in [0.5, 0.6) is 0 Å². The largest absolute Gasteiger partial charge is 0.421 e. The standard InChI is InChI=1S/C8H11NO5/c1-5(10)7(11)13-14-8(12)6-3-2-4-9-6/h6,9H,2-4H2,1H3. The van der Waals surface area contributed by atoms with Crippen LogP contribution in [0.1, 0.15) is 19.8 Å². The van der Waals surface area contributed by atoms with Crippen LogP contribution < -0.4 is 5.32 Å². The molecule has 1 saturated heterocycles. The van der Waals surface area contributed by atoms with Crippen LogP contribution in [-0.4, -0.2) is 30.3 Å². The fourth-order valence-electron chi connectivity index (χ4n) is 1.08. The second-order valence-electron chi connectivity index (χ2n) is 2.98. The van der Waals surface area contributed by atoms with Crippen molar-refractivity contribution in [1.29, 1.82) is 0 Å². The molecule has 14 heavy (non-hydrogen) atoms. The summed E-state index contributed by atoms with van der Waals surface area (Å²) in [7, 11) is 0. The van der Waals surface area contributed by atoms with Gasteiger partial charge >= 0.3 is 11.9 Å². The summed E-state index contributed by atoms with van der Waals surface area (Å²) in [6.45, 7) is 1.77. The highest BCUT2D eigenvalue weighted by molar-refractivity contribution is 6.32. The molecule has 0 aromatic carbocycles. The first-order valence-electron chi connectivity index (χ1n) is 4.28. The first kappa shape index (κ1) is 10.6. The van der Waals surface area contributed by atoms with Crippen LogP contribution in [0.3, 0.4) is 0 Å². The number of carbonyl (C=O) groups excluding carboxylic acids is 3. The van der Waals surface area contributed by atoms with Crippen LogP contribution in [0.2, 0.25) is 0 Å². The molecule has 0 aromatic rings. The zero-order valence-electron chi connectivity index (χ0n) is 7.74. The highest BCUT2D eigenvalue weighted by atomic mass is 17.2. The molecular weight excluding hydrogens is 190 g/mol. The number of carbonyl (C=O) groups is 3. The minimum absolute atomic E-state index is 0.435. The van der Waals surface area contributed by atoms with Gasteiger partial charge in [-0.15, -0.1) is 0 Å². The van der Waals surface area contributed by atoms with Crippen molar-refractivity contribution in [3.8, 4) is 0 Å². The molecule has 1 rings (SSSR count). The van der Waals surface area contributed by atoms with E-state index in [-0.39, 0.29) is 0 Å². The maximum Gasteiger partial charge on any atom is 0.421 e. The molecule has 6 nitrogen and oxygen atoms in total. The van der Waals surface area contributed by atoms with E-state index >= 15 is 0 Å². The van der Waals surface area contributed by atoms with Crippen LogP contribution in [0.4, 0.5) is 0 Å². The molecule has 1 aliphatic rings. The van der Waals surface area contributed by atoms with E-state index in [1.165, 1.54) is 0 Å². The molecule has 1 aliphatic heterocycles. The summed E-state index contributed by atoms with van der Waals surface area (Å²) in [5.41, 5.74) is 0. The summed E-state index contributed by atoms with van der Waals surface area (Å²) in [6.07, 6.45) is 1.52. The molecule has 1 N–H and O–H groups in total. The summed E-state index contributed by atoms with van der Waals surface area (Å²) >= 11 is 0. The molecule has 0 radical (unpaired) electrons. The van der Waals surface area contributed by atoms with Crippen molar-refractivity contribution in [1.82, 2.24) is 5.32 Å². The van der Waals surface area contributed by atoms with Crippen molar-refractivity contribution in [2.75, 3.05) is 6.54 Å². The predicted molar refractivity (Wildman–Crippen MR) is 43.9 cm³/mol. The van der Waals surface area contributed by atoms with E-state index in [2.05, 4.69) is 15.1 Å². The summed E-state index contributed by atoms with van der Waals surface area (Å²) in [4.78, 5) is 40.3. The van der Waals surface area contributed by atoms with Gasteiger partial charge in [-0.2, -0.15) is 0 Å². The Hall–Kier alpha value is -1.43. The van der Waals surface area contributed by atoms with Gasteiger partial charge in [0, 0.05) is 6.92 Å². The van der Waals surface area contributed by atoms with E-state index in [4.69, 9.17) is 0 Å². The highest BCUT2D eigenvalue weighted by Gasteiger charge is 2.26. The van der Waals surface area contributed by atoms with Gasteiger partial charge in [-0.05, 0) is 19.4 Å². The Kier molecular flexibility index (Phi) is 3.58. The van der Waals surface area contributed by atoms with Crippen molar-refractivity contribution in [2.45, 2.75) is 25.8 Å². The fraction of sp³-hybridized carbons (Fsp3) is 0.625. The van der Waals surface area contributed by atoms with Crippen LogP contribution in [0, 0.1) is 0 Å². The summed E-state index contributed by atoms with van der Waals surface area (Å²) < 4.78 is 0. The minimum atomic E-state index is -1.17. The first-order chi connectivity index (χ1) is 6.61. The molecule has 1 fully saturated rings. The summed E-state index contributed by atoms with van der Waals surface area (Å²) in [5, 5.41) is 2.86. The SMILES string of the molecule is CC(=O)C(=O)OOC(=O)C1CCCN1. The van der Waals surface area contributed by atoms with Crippen molar-refractivity contribution in [3.05, 3.63) is 0 Å². The summed E-state index contributed by atoms with van der Waals surface area (Å²) in [5.74, 6) is -2.65. The van der Waals surface area contributed by atoms with Gasteiger partial charge in [0.1, 0.15) is 6.04 Å². The lowest BCUT2D eigenvalue weighted by atomic mass is 10.2. The average molecular weight is 201 g/mol. The minimum Gasteiger partial charge on any atom is -0.304 e. The first-order valence-corrected chi connectivity index (χ1v) is 4.28. The topological polar surface area (TPSA) is 81.7 Å². The van der Waals surface area contributed by atoms with Gasteiger partial charge < -0.3 is 5.32 Å². The molecule has 0 bridgehead atoms. The van der Waals surface area contributed by atoms with E-state index in [9.17, 15) is 14.4 Å². The third-order valence-corrected chi connectivity index (χ3v) is 1.83. The number of nitrogens with one attached hydrogen (secondary N) is 1. The molecule has 0 aromatic heterocycles. The number of hydrogen-bond acceptors (Lipinski definition) is 6. The van der Waals surface area contributed by atoms with Crippen molar-refractivity contribution in [2.24, 2.45) is 0 Å². The van der Waals surface area contributed by atoms with Crippen LogP contribution in [0.25, 0.3) is 0 Å². The monoisotopic (exact) mass is 201 g/mol. The van der Waals surface area contributed by atoms with Gasteiger partial charge in [-0.1, -0.05) is 0 Å². The van der Waals surface area contributed by atoms with Crippen molar-refractivity contribution in [3.63, 3.8) is 0 Å². The molecule has 6 heteroatoms. The Labute approximate surface area is 80.5 Å². The average Bonchev–Trinajstić information content (AvgIpc) is 2.66. The fourth-order valence-corrected chi connectivity index (χ4v) is 1.08. The van der Waals surface area contributed by atoms with E-state index < -0.39 is 23.8 Å². The van der Waals surface area contributed by atoms with Crippen LogP contribution in [-0.2, 0) is 24.2 Å². The smallest absolute Gasteiger partial charge is 0.304 e. The zero-order valence-corrected chi connectivity index (χ0v) is 7.74. The molecule has 0 spiro atoms. The third kappa shape index (κ3) is 2.81. The molecule has 1 unspecified atom stereocenters. The molecule has 0 aliphatic carbocycles. The second-order valence-corrected chi connectivity index (χ2v) is 2.98. The third-order valence-electron chi connectivity index (χ3n) is 1.83. The maximum atomic E-state index is 11.1. The van der Waals surface area contributed by atoms with Gasteiger partial charge in [0.2, 0.25) is 5.78 Å². The molecule has 78 valence electrons. The maximum absolute atomic E-state index is 11.1. The van der Waals surface area contributed by atoms with E-state index in [0.29, 0.717) is 6.42 Å². The number of Topliss-reactive ketones (excluding diaryl/α,β-unsaturated/α-hetero) is 1. The highest BCUT2D eigenvalue weighted by Crippen LogP contribution is 2.06. The Morgan fingerprint density at radius 2 is 2.00 bits per heavy atom. The van der Waals surface area contributed by atoms with Crippen LogP contribution >= 0.6 is 0 Å². The predicted octanol–water partition coefficient (Wildman–Crippen LogP) is -0.671. The number of hydrogen-bond donors (Lipinski definition) is 1. The normalized spacial score (nSPS) is 20.2. The van der Waals surface area contributed by atoms with Crippen LogP contribution in [0.15, 0.2) is 0 Å². The van der Waals surface area contributed by atoms with E-state index in [1.807, 2.05) is 0 Å². The van der Waals surface area contributed by atoms with E-state index in [0.717, 1.165) is 19.9 Å². The molecule has 1 atom stereocenters. The van der Waals surface area contributed by atoms with Gasteiger partial charge in [0.05, 0.1) is 0 Å². The van der Waals surface area contributed by atoms with Crippen molar-refractivity contribution >= 4 is 17.7 Å². The lowest BCUT2D eigenvalue weighted by Gasteiger charge is -2.06. The van der Waals surface area contributed by atoms with Gasteiger partial charge in [-0.25, -0.2) is 19.4 Å². The van der Waals surface area contributed by atoms with E-state index in [1.54, 1.807) is 0 Å². The number of ketones is 1. The Bertz CT molecular complexity index is 256. The second kappa shape index (κ2) is 4.71. The Morgan fingerprint density at radius 1 is 1.29 bits per heavy atom. The Morgan fingerprint density at radius 3 is 2.50 bits per heavy atom. The molecule has 0 saturated carbocycles. The quantitative estimate of drug-likeness (QED) is 0.362. The van der Waals surface area contributed by atoms with Gasteiger partial charge in [0.15, 0.2) is 0 Å². The lowest BCUT2D eigenvalue weighted by Crippen LogP contribution is -2.33. The lowest BCUT2D eigenvalue weighted by molar-refractivity contribution is -0.257. The molecular formula is C8H11NO5. The molecule has 0 amide bonds. The van der Waals surface area contributed by atoms with Gasteiger partial charge in [0.25, 0.3) is 0 Å². The Balaban J connectivity index is 2.27. The van der Waals surface area contributed by atoms with Gasteiger partial charge in [-0.3, -0.25) is 4.79 Å². The number of rotatable bonds is 2. The van der Waals surface area contributed by atoms with Crippen molar-refractivity contribution < 1.29 is 24.2 Å².